The van der Waals surface area contributed by atoms with Crippen LogP contribution in [0.1, 0.15) is 0 Å². The van der Waals surface area contributed by atoms with Crippen LogP contribution in [0.4, 0.5) is 5.69 Å². The standard InChI is InChI=1S/C15H23ClN4O3S2/c1-19(2)25(21,22)14-11-12(3-4-13(14)16)18-15(24)17-5-6-20-7-9-23-10-8-20/h3-4,11H,5-10H2,1-2H3,(H2,17,18,24). The number of anilines is 1. The normalized spacial score (nSPS) is 16.0. The summed E-state index contributed by atoms with van der Waals surface area (Å²) >= 11 is 11.3. The average Bonchev–Trinajstić information content (AvgIpc) is 2.57. The van der Waals surface area contributed by atoms with E-state index >= 15 is 0 Å². The first-order chi connectivity index (χ1) is 11.8. The second kappa shape index (κ2) is 9.11. The van der Waals surface area contributed by atoms with Crippen molar-refractivity contribution in [3.8, 4) is 0 Å². The predicted molar refractivity (Wildman–Crippen MR) is 104 cm³/mol. The monoisotopic (exact) mass is 406 g/mol. The van der Waals surface area contributed by atoms with E-state index < -0.39 is 10.0 Å². The van der Waals surface area contributed by atoms with Gasteiger partial charge in [0.25, 0.3) is 0 Å². The molecule has 1 heterocycles. The zero-order chi connectivity index (χ0) is 18.4. The molecule has 0 unspecified atom stereocenters. The lowest BCUT2D eigenvalue weighted by atomic mass is 10.3. The van der Waals surface area contributed by atoms with Crippen LogP contribution in [0.2, 0.25) is 5.02 Å². The van der Waals surface area contributed by atoms with Crippen LogP contribution in [0.15, 0.2) is 23.1 Å². The van der Waals surface area contributed by atoms with Gasteiger partial charge in [-0.05, 0) is 30.4 Å². The van der Waals surface area contributed by atoms with Crippen molar-refractivity contribution < 1.29 is 13.2 Å². The molecule has 0 amide bonds. The van der Waals surface area contributed by atoms with Crippen molar-refractivity contribution in [2.75, 3.05) is 58.8 Å². The molecule has 1 fully saturated rings. The Bertz CT molecular complexity index is 707. The van der Waals surface area contributed by atoms with E-state index in [0.29, 0.717) is 17.3 Å². The van der Waals surface area contributed by atoms with Crippen LogP contribution in [0, 0.1) is 0 Å². The molecule has 7 nitrogen and oxygen atoms in total. The molecule has 1 aromatic rings. The minimum atomic E-state index is -3.62. The number of hydrogen-bond acceptors (Lipinski definition) is 5. The largest absolute Gasteiger partial charge is 0.379 e. The van der Waals surface area contributed by atoms with Crippen molar-refractivity contribution in [1.29, 1.82) is 0 Å². The summed E-state index contributed by atoms with van der Waals surface area (Å²) in [6.07, 6.45) is 0. The molecular formula is C15H23ClN4O3S2. The number of sulfonamides is 1. The summed E-state index contributed by atoms with van der Waals surface area (Å²) in [4.78, 5) is 2.34. The van der Waals surface area contributed by atoms with Gasteiger partial charge in [-0.3, -0.25) is 4.90 Å². The molecule has 0 aliphatic carbocycles. The SMILES string of the molecule is CN(C)S(=O)(=O)c1cc(NC(=S)NCCN2CCOCC2)ccc1Cl. The first kappa shape index (κ1) is 20.3. The number of ether oxygens (including phenoxy) is 1. The molecule has 0 aromatic heterocycles. The topological polar surface area (TPSA) is 73.9 Å². The maximum absolute atomic E-state index is 12.3. The van der Waals surface area contributed by atoms with Gasteiger partial charge in [-0.25, -0.2) is 12.7 Å². The van der Waals surface area contributed by atoms with E-state index in [1.807, 2.05) is 0 Å². The zero-order valence-electron chi connectivity index (χ0n) is 14.3. The maximum Gasteiger partial charge on any atom is 0.244 e. The summed E-state index contributed by atoms with van der Waals surface area (Å²) in [5, 5.41) is 6.72. The van der Waals surface area contributed by atoms with Crippen LogP contribution >= 0.6 is 23.8 Å². The number of thiocarbonyl (C=S) groups is 1. The number of morpholine rings is 1. The smallest absolute Gasteiger partial charge is 0.244 e. The molecule has 0 spiro atoms. The highest BCUT2D eigenvalue weighted by atomic mass is 35.5. The van der Waals surface area contributed by atoms with Gasteiger partial charge in [0.2, 0.25) is 10.0 Å². The van der Waals surface area contributed by atoms with Gasteiger partial charge in [0.1, 0.15) is 4.90 Å². The number of benzene rings is 1. The molecule has 0 bridgehead atoms. The number of nitrogens with one attached hydrogen (secondary N) is 2. The summed E-state index contributed by atoms with van der Waals surface area (Å²) in [7, 11) is -0.694. The van der Waals surface area contributed by atoms with Crippen LogP contribution in [0.5, 0.6) is 0 Å². The Morgan fingerprint density at radius 3 is 2.68 bits per heavy atom. The molecule has 1 aromatic carbocycles. The first-order valence-corrected chi connectivity index (χ1v) is 10.1. The van der Waals surface area contributed by atoms with E-state index in [2.05, 4.69) is 15.5 Å². The van der Waals surface area contributed by atoms with Gasteiger partial charge in [0.05, 0.1) is 18.2 Å². The second-order valence-corrected chi connectivity index (χ2v) is 8.70. The van der Waals surface area contributed by atoms with Crippen LogP contribution in [0.3, 0.4) is 0 Å². The van der Waals surface area contributed by atoms with Gasteiger partial charge in [-0.15, -0.1) is 0 Å². The molecule has 2 N–H and O–H groups in total. The highest BCUT2D eigenvalue weighted by molar-refractivity contribution is 7.89. The molecule has 2 rings (SSSR count). The second-order valence-electron chi connectivity index (χ2n) is 5.77. The number of hydrogen-bond donors (Lipinski definition) is 2. The average molecular weight is 407 g/mol. The van der Waals surface area contributed by atoms with Crippen LogP contribution in [-0.2, 0) is 14.8 Å². The quantitative estimate of drug-likeness (QED) is 0.688. The number of rotatable bonds is 6. The summed E-state index contributed by atoms with van der Waals surface area (Å²) in [6.45, 7) is 4.93. The lowest BCUT2D eigenvalue weighted by Crippen LogP contribution is -2.42. The van der Waals surface area contributed by atoms with Gasteiger partial charge >= 0.3 is 0 Å². The lowest BCUT2D eigenvalue weighted by molar-refractivity contribution is 0.0389. The van der Waals surface area contributed by atoms with Crippen LogP contribution < -0.4 is 10.6 Å². The molecule has 0 saturated carbocycles. The molecular weight excluding hydrogens is 384 g/mol. The Morgan fingerprint density at radius 2 is 2.04 bits per heavy atom. The molecule has 0 atom stereocenters. The van der Waals surface area contributed by atoms with Crippen molar-refractivity contribution in [1.82, 2.24) is 14.5 Å². The van der Waals surface area contributed by atoms with Gasteiger partial charge in [0.15, 0.2) is 5.11 Å². The highest BCUT2D eigenvalue weighted by Crippen LogP contribution is 2.26. The Morgan fingerprint density at radius 1 is 1.36 bits per heavy atom. The summed E-state index contributed by atoms with van der Waals surface area (Å²) in [6, 6.07) is 4.71. The number of halogens is 1. The molecule has 1 aliphatic heterocycles. The number of nitrogens with zero attached hydrogens (tertiary/aromatic N) is 2. The maximum atomic E-state index is 12.3. The summed E-state index contributed by atoms with van der Waals surface area (Å²) in [5.74, 6) is 0. The minimum Gasteiger partial charge on any atom is -0.379 e. The molecule has 10 heteroatoms. The van der Waals surface area contributed by atoms with Crippen molar-refractivity contribution in [3.63, 3.8) is 0 Å². The van der Waals surface area contributed by atoms with Crippen LogP contribution in [-0.4, -0.2) is 76.2 Å². The molecule has 1 aliphatic rings. The van der Waals surface area contributed by atoms with Crippen molar-refractivity contribution in [2.24, 2.45) is 0 Å². The van der Waals surface area contributed by atoms with E-state index in [-0.39, 0.29) is 9.92 Å². The molecule has 25 heavy (non-hydrogen) atoms. The van der Waals surface area contributed by atoms with Crippen molar-refractivity contribution in [3.05, 3.63) is 23.2 Å². The van der Waals surface area contributed by atoms with Gasteiger partial charge in [-0.1, -0.05) is 11.6 Å². The molecule has 0 radical (unpaired) electrons. The van der Waals surface area contributed by atoms with E-state index in [0.717, 1.165) is 37.2 Å². The third-order valence-electron chi connectivity index (χ3n) is 3.76. The molecule has 140 valence electrons. The fourth-order valence-electron chi connectivity index (χ4n) is 2.30. The summed E-state index contributed by atoms with van der Waals surface area (Å²) in [5.41, 5.74) is 0.564. The lowest BCUT2D eigenvalue weighted by Gasteiger charge is -2.26. The van der Waals surface area contributed by atoms with Crippen molar-refractivity contribution in [2.45, 2.75) is 4.90 Å². The highest BCUT2D eigenvalue weighted by Gasteiger charge is 2.21. The Hall–Kier alpha value is -0.970. The van der Waals surface area contributed by atoms with Gasteiger partial charge < -0.3 is 15.4 Å². The minimum absolute atomic E-state index is 0.0419. The van der Waals surface area contributed by atoms with E-state index in [1.165, 1.54) is 26.2 Å². The van der Waals surface area contributed by atoms with E-state index in [4.69, 9.17) is 28.6 Å². The Kier molecular flexibility index (Phi) is 7.41. The molecule has 1 saturated heterocycles. The first-order valence-electron chi connectivity index (χ1n) is 7.88. The zero-order valence-corrected chi connectivity index (χ0v) is 16.7. The van der Waals surface area contributed by atoms with Gasteiger partial charge in [0, 0.05) is 46.0 Å². The van der Waals surface area contributed by atoms with E-state index in [9.17, 15) is 8.42 Å². The Labute approximate surface area is 159 Å². The van der Waals surface area contributed by atoms with Crippen molar-refractivity contribution >= 4 is 44.6 Å². The van der Waals surface area contributed by atoms with E-state index in [1.54, 1.807) is 6.07 Å². The Balaban J connectivity index is 1.92. The van der Waals surface area contributed by atoms with Crippen LogP contribution in [0.25, 0.3) is 0 Å². The fourth-order valence-corrected chi connectivity index (χ4v) is 3.92. The fraction of sp³-hybridized carbons (Fsp3) is 0.533. The third kappa shape index (κ3) is 5.77. The summed E-state index contributed by atoms with van der Waals surface area (Å²) < 4.78 is 31.0. The predicted octanol–water partition coefficient (Wildman–Crippen LogP) is 1.21. The third-order valence-corrected chi connectivity index (χ3v) is 6.31. The van der Waals surface area contributed by atoms with Gasteiger partial charge in [-0.2, -0.15) is 0 Å².